The number of hydrogen-bond acceptors (Lipinski definition) is 3. The zero-order valence-electron chi connectivity index (χ0n) is 9.62. The first-order chi connectivity index (χ1) is 8.46. The first kappa shape index (κ1) is 14.5. The molecule has 100 valence electrons. The highest BCUT2D eigenvalue weighted by Crippen LogP contribution is 2.24. The maximum atomic E-state index is 11.9. The maximum absolute atomic E-state index is 11.9. The summed E-state index contributed by atoms with van der Waals surface area (Å²) in [5.41, 5.74) is 0.622. The Balaban J connectivity index is 1.95. The fourth-order valence-electron chi connectivity index (χ4n) is 1.48. The highest BCUT2D eigenvalue weighted by molar-refractivity contribution is 14.1. The van der Waals surface area contributed by atoms with E-state index in [1.54, 1.807) is 6.07 Å². The molecular formula is C11H14BrIN2O2S. The molecule has 1 aliphatic carbocycles. The summed E-state index contributed by atoms with van der Waals surface area (Å²) in [5, 5.41) is 3.19. The zero-order chi connectivity index (χ0) is 13.2. The Labute approximate surface area is 129 Å². The van der Waals surface area contributed by atoms with Crippen LogP contribution in [0.2, 0.25) is 0 Å². The Bertz CT molecular complexity index is 532. The molecule has 0 heterocycles. The number of benzene rings is 1. The second kappa shape index (κ2) is 6.06. The summed E-state index contributed by atoms with van der Waals surface area (Å²) in [7, 11) is -3.28. The molecule has 0 aromatic heterocycles. The molecule has 2 N–H and O–H groups in total. The lowest BCUT2D eigenvalue weighted by Crippen LogP contribution is -2.28. The first-order valence-corrected chi connectivity index (χ1v) is 9.17. The van der Waals surface area contributed by atoms with Crippen LogP contribution in [0, 0.1) is 3.57 Å². The lowest BCUT2D eigenvalue weighted by Gasteiger charge is -2.10. The largest absolute Gasteiger partial charge is 0.313 e. The SMILES string of the molecule is O=S(=O)(CCNC1CC1)Nc1cc(Br)ccc1I. The monoisotopic (exact) mass is 444 g/mol. The van der Waals surface area contributed by atoms with E-state index in [4.69, 9.17) is 0 Å². The molecular weight excluding hydrogens is 431 g/mol. The second-order valence-corrected chi connectivity index (χ2v) is 8.19. The Morgan fingerprint density at radius 2 is 2.11 bits per heavy atom. The third-order valence-electron chi connectivity index (χ3n) is 2.58. The van der Waals surface area contributed by atoms with E-state index in [1.165, 1.54) is 0 Å². The van der Waals surface area contributed by atoms with Crippen molar-refractivity contribution in [2.24, 2.45) is 0 Å². The molecule has 1 saturated carbocycles. The van der Waals surface area contributed by atoms with Crippen molar-refractivity contribution >= 4 is 54.2 Å². The number of anilines is 1. The molecule has 1 fully saturated rings. The average molecular weight is 445 g/mol. The minimum Gasteiger partial charge on any atom is -0.313 e. The molecule has 7 heteroatoms. The van der Waals surface area contributed by atoms with E-state index < -0.39 is 10.0 Å². The van der Waals surface area contributed by atoms with Crippen LogP contribution in [-0.2, 0) is 10.0 Å². The van der Waals surface area contributed by atoms with E-state index in [-0.39, 0.29) is 5.75 Å². The lowest BCUT2D eigenvalue weighted by atomic mass is 10.3. The molecule has 0 radical (unpaired) electrons. The summed E-state index contributed by atoms with van der Waals surface area (Å²) >= 11 is 5.45. The van der Waals surface area contributed by atoms with Crippen molar-refractivity contribution in [3.8, 4) is 0 Å². The quantitative estimate of drug-likeness (QED) is 0.663. The van der Waals surface area contributed by atoms with Gasteiger partial charge in [-0.15, -0.1) is 0 Å². The van der Waals surface area contributed by atoms with Crippen molar-refractivity contribution < 1.29 is 8.42 Å². The predicted molar refractivity (Wildman–Crippen MR) is 85.3 cm³/mol. The van der Waals surface area contributed by atoms with Crippen molar-refractivity contribution in [2.75, 3.05) is 17.0 Å². The number of sulfonamides is 1. The lowest BCUT2D eigenvalue weighted by molar-refractivity contribution is 0.595. The molecule has 1 aromatic carbocycles. The third-order valence-corrected chi connectivity index (χ3v) is 5.28. The molecule has 18 heavy (non-hydrogen) atoms. The Morgan fingerprint density at radius 3 is 2.78 bits per heavy atom. The number of hydrogen-bond donors (Lipinski definition) is 2. The first-order valence-electron chi connectivity index (χ1n) is 5.65. The second-order valence-electron chi connectivity index (χ2n) is 4.27. The van der Waals surface area contributed by atoms with Crippen molar-refractivity contribution in [3.63, 3.8) is 0 Å². The highest BCUT2D eigenvalue weighted by atomic mass is 127. The number of rotatable bonds is 6. The topological polar surface area (TPSA) is 58.2 Å². The van der Waals surface area contributed by atoms with Crippen molar-refractivity contribution in [1.82, 2.24) is 5.32 Å². The van der Waals surface area contributed by atoms with Crippen LogP contribution < -0.4 is 10.0 Å². The van der Waals surface area contributed by atoms with Gasteiger partial charge < -0.3 is 5.32 Å². The number of halogens is 2. The van der Waals surface area contributed by atoms with Crippen LogP contribution in [0.5, 0.6) is 0 Å². The van der Waals surface area contributed by atoms with Gasteiger partial charge >= 0.3 is 0 Å². The van der Waals surface area contributed by atoms with E-state index in [0.29, 0.717) is 18.3 Å². The Hall–Kier alpha value is 0.140. The molecule has 0 bridgehead atoms. The van der Waals surface area contributed by atoms with Crippen LogP contribution in [0.25, 0.3) is 0 Å². The Kier molecular flexibility index (Phi) is 4.90. The van der Waals surface area contributed by atoms with E-state index in [9.17, 15) is 8.42 Å². The Morgan fingerprint density at radius 1 is 1.39 bits per heavy atom. The summed E-state index contributed by atoms with van der Waals surface area (Å²) in [4.78, 5) is 0. The van der Waals surface area contributed by atoms with E-state index >= 15 is 0 Å². The van der Waals surface area contributed by atoms with Gasteiger partial charge in [-0.05, 0) is 53.6 Å². The van der Waals surface area contributed by atoms with Gasteiger partial charge in [0.1, 0.15) is 0 Å². The van der Waals surface area contributed by atoms with Gasteiger partial charge in [0.25, 0.3) is 0 Å². The predicted octanol–water partition coefficient (Wildman–Crippen LogP) is 2.55. The molecule has 1 aliphatic rings. The molecule has 0 amide bonds. The molecule has 0 aliphatic heterocycles. The van der Waals surface area contributed by atoms with Gasteiger partial charge in [-0.2, -0.15) is 0 Å². The fourth-order valence-corrected chi connectivity index (χ4v) is 3.49. The van der Waals surface area contributed by atoms with Crippen molar-refractivity contribution in [3.05, 3.63) is 26.2 Å². The molecule has 0 spiro atoms. The van der Waals surface area contributed by atoms with Crippen LogP contribution in [0.15, 0.2) is 22.7 Å². The molecule has 4 nitrogen and oxygen atoms in total. The van der Waals surface area contributed by atoms with Crippen LogP contribution in [-0.4, -0.2) is 26.8 Å². The standard InChI is InChI=1S/C11H14BrIN2O2S/c12-8-1-4-10(13)11(7-8)15-18(16,17)6-5-14-9-2-3-9/h1,4,7,9,14-15H,2-3,5-6H2. The fraction of sp³-hybridized carbons (Fsp3) is 0.455. The van der Waals surface area contributed by atoms with Gasteiger partial charge in [-0.25, -0.2) is 8.42 Å². The molecule has 0 saturated heterocycles. The van der Waals surface area contributed by atoms with E-state index in [2.05, 4.69) is 48.6 Å². The van der Waals surface area contributed by atoms with Crippen molar-refractivity contribution in [1.29, 1.82) is 0 Å². The maximum Gasteiger partial charge on any atom is 0.234 e. The van der Waals surface area contributed by atoms with Gasteiger partial charge in [0, 0.05) is 20.6 Å². The van der Waals surface area contributed by atoms with E-state index in [0.717, 1.165) is 20.9 Å². The van der Waals surface area contributed by atoms with Crippen LogP contribution in [0.4, 0.5) is 5.69 Å². The van der Waals surface area contributed by atoms with Crippen molar-refractivity contribution in [2.45, 2.75) is 18.9 Å². The van der Waals surface area contributed by atoms with E-state index in [1.807, 2.05) is 12.1 Å². The summed E-state index contributed by atoms with van der Waals surface area (Å²) in [6, 6.07) is 6.05. The highest BCUT2D eigenvalue weighted by Gasteiger charge is 2.21. The summed E-state index contributed by atoms with van der Waals surface area (Å²) in [6.07, 6.45) is 2.33. The molecule has 0 atom stereocenters. The van der Waals surface area contributed by atoms with Gasteiger partial charge in [0.2, 0.25) is 10.0 Å². The molecule has 2 rings (SSSR count). The van der Waals surface area contributed by atoms with Gasteiger partial charge in [0.05, 0.1) is 11.4 Å². The minimum atomic E-state index is -3.28. The van der Waals surface area contributed by atoms with Gasteiger partial charge in [-0.1, -0.05) is 15.9 Å². The van der Waals surface area contributed by atoms with Crippen LogP contribution in [0.1, 0.15) is 12.8 Å². The van der Waals surface area contributed by atoms with Crippen LogP contribution >= 0.6 is 38.5 Å². The smallest absolute Gasteiger partial charge is 0.234 e. The van der Waals surface area contributed by atoms with Gasteiger partial charge in [-0.3, -0.25) is 4.72 Å². The average Bonchev–Trinajstić information content (AvgIpc) is 3.07. The molecule has 0 unspecified atom stereocenters. The molecule has 1 aromatic rings. The van der Waals surface area contributed by atoms with Crippen LogP contribution in [0.3, 0.4) is 0 Å². The number of nitrogens with one attached hydrogen (secondary N) is 2. The minimum absolute atomic E-state index is 0.103. The van der Waals surface area contributed by atoms with Gasteiger partial charge in [0.15, 0.2) is 0 Å². The zero-order valence-corrected chi connectivity index (χ0v) is 14.2. The summed E-state index contributed by atoms with van der Waals surface area (Å²) < 4.78 is 28.1. The summed E-state index contributed by atoms with van der Waals surface area (Å²) in [6.45, 7) is 0.505. The third kappa shape index (κ3) is 4.67. The normalized spacial score (nSPS) is 15.7. The summed E-state index contributed by atoms with van der Waals surface area (Å²) in [5.74, 6) is 0.103.